The molecule has 7 nitrogen and oxygen atoms in total. The summed E-state index contributed by atoms with van der Waals surface area (Å²) in [6, 6.07) is 15.9. The normalized spacial score (nSPS) is 14.1. The van der Waals surface area contributed by atoms with Gasteiger partial charge in [0.15, 0.2) is 0 Å². The van der Waals surface area contributed by atoms with Crippen molar-refractivity contribution in [2.45, 2.75) is 52.0 Å². The van der Waals surface area contributed by atoms with Crippen molar-refractivity contribution in [3.05, 3.63) is 59.7 Å². The molecule has 0 radical (unpaired) electrons. The van der Waals surface area contributed by atoms with Gasteiger partial charge in [-0.1, -0.05) is 69.3 Å². The van der Waals surface area contributed by atoms with E-state index in [9.17, 15) is 19.5 Å². The highest BCUT2D eigenvalue weighted by molar-refractivity contribution is 5.80. The molecular weight excluding hydrogens is 432 g/mol. The zero-order valence-electron chi connectivity index (χ0n) is 20.0. The van der Waals surface area contributed by atoms with Crippen LogP contribution in [0.1, 0.15) is 57.1 Å². The molecule has 1 aliphatic rings. The second kappa shape index (κ2) is 11.7. The number of ether oxygens (including phenoxy) is 1. The molecule has 1 aliphatic carbocycles. The molecule has 0 heterocycles. The number of rotatable bonds is 11. The molecule has 182 valence electrons. The Balaban J connectivity index is 1.51. The average Bonchev–Trinajstić information content (AvgIpc) is 3.13. The summed E-state index contributed by atoms with van der Waals surface area (Å²) in [6.45, 7) is 6.05. The molecule has 0 spiro atoms. The minimum Gasteiger partial charge on any atom is -0.481 e. The summed E-state index contributed by atoms with van der Waals surface area (Å²) >= 11 is 0. The summed E-state index contributed by atoms with van der Waals surface area (Å²) in [6.07, 6.45) is 0.538. The number of hydrogen-bond donors (Lipinski definition) is 3. The van der Waals surface area contributed by atoms with E-state index < -0.39 is 24.0 Å². The van der Waals surface area contributed by atoms with Crippen LogP contribution in [0.2, 0.25) is 0 Å². The summed E-state index contributed by atoms with van der Waals surface area (Å²) in [5.74, 6) is -1.65. The standard InChI is InChI=1S/C27H34N2O5/c1-4-19(14-25(30)28-15-18(26(31)32)13-17(2)3)29-27(33)34-16-24-22-11-7-5-9-20(22)21-10-6-8-12-23(21)24/h5-12,17-19,24H,4,13-16H2,1-3H3,(H,28,30)(H,29,33)(H,31,32)/t18?,19-/m0/s1. The zero-order valence-corrected chi connectivity index (χ0v) is 20.0. The molecule has 3 N–H and O–H groups in total. The van der Waals surface area contributed by atoms with Gasteiger partial charge in [-0.05, 0) is 41.0 Å². The number of carboxylic acids is 1. The van der Waals surface area contributed by atoms with E-state index in [1.54, 1.807) is 0 Å². The van der Waals surface area contributed by atoms with Gasteiger partial charge in [0.25, 0.3) is 0 Å². The fraction of sp³-hybridized carbons (Fsp3) is 0.444. The summed E-state index contributed by atoms with van der Waals surface area (Å²) in [5.41, 5.74) is 4.59. The lowest BCUT2D eigenvalue weighted by Crippen LogP contribution is -2.41. The number of alkyl carbamates (subject to hydrolysis) is 1. The number of carbonyl (C=O) groups is 3. The van der Waals surface area contributed by atoms with Gasteiger partial charge in [0.1, 0.15) is 6.61 Å². The van der Waals surface area contributed by atoms with E-state index in [2.05, 4.69) is 34.9 Å². The molecule has 0 aliphatic heterocycles. The largest absolute Gasteiger partial charge is 0.481 e. The molecule has 3 rings (SSSR count). The fourth-order valence-electron chi connectivity index (χ4n) is 4.48. The van der Waals surface area contributed by atoms with Crippen molar-refractivity contribution in [1.29, 1.82) is 0 Å². The second-order valence-electron chi connectivity index (χ2n) is 9.25. The lowest BCUT2D eigenvalue weighted by Gasteiger charge is -2.20. The molecule has 2 aromatic carbocycles. The first-order chi connectivity index (χ1) is 16.3. The third kappa shape index (κ3) is 6.37. The Labute approximate surface area is 200 Å². The molecule has 2 amide bonds. The number of aliphatic carboxylic acids is 1. The van der Waals surface area contributed by atoms with Crippen LogP contribution >= 0.6 is 0 Å². The van der Waals surface area contributed by atoms with Crippen molar-refractivity contribution >= 4 is 18.0 Å². The second-order valence-corrected chi connectivity index (χ2v) is 9.25. The van der Waals surface area contributed by atoms with Crippen LogP contribution in [0.15, 0.2) is 48.5 Å². The number of hydrogen-bond acceptors (Lipinski definition) is 4. The van der Waals surface area contributed by atoms with Gasteiger partial charge in [0, 0.05) is 24.9 Å². The Kier molecular flexibility index (Phi) is 8.68. The van der Waals surface area contributed by atoms with Crippen molar-refractivity contribution in [3.63, 3.8) is 0 Å². The van der Waals surface area contributed by atoms with Gasteiger partial charge in [0.2, 0.25) is 5.91 Å². The van der Waals surface area contributed by atoms with Crippen LogP contribution in [0.4, 0.5) is 4.79 Å². The minimum atomic E-state index is -0.919. The number of carbonyl (C=O) groups excluding carboxylic acids is 2. The molecule has 1 unspecified atom stereocenters. The third-order valence-electron chi connectivity index (χ3n) is 6.24. The van der Waals surface area contributed by atoms with Crippen LogP contribution in [0.5, 0.6) is 0 Å². The Morgan fingerprint density at radius 3 is 2.12 bits per heavy atom. The Morgan fingerprint density at radius 1 is 1.00 bits per heavy atom. The fourth-order valence-corrected chi connectivity index (χ4v) is 4.48. The van der Waals surface area contributed by atoms with Gasteiger partial charge in [-0.3, -0.25) is 9.59 Å². The van der Waals surface area contributed by atoms with Crippen molar-refractivity contribution in [3.8, 4) is 11.1 Å². The van der Waals surface area contributed by atoms with Gasteiger partial charge in [-0.15, -0.1) is 0 Å². The Bertz CT molecular complexity index is 974. The van der Waals surface area contributed by atoms with Gasteiger partial charge in [-0.2, -0.15) is 0 Å². The van der Waals surface area contributed by atoms with Crippen LogP contribution < -0.4 is 10.6 Å². The molecule has 0 saturated carbocycles. The Morgan fingerprint density at radius 2 is 1.59 bits per heavy atom. The molecule has 2 atom stereocenters. The quantitative estimate of drug-likeness (QED) is 0.450. The average molecular weight is 467 g/mol. The number of fused-ring (bicyclic) bond motifs is 3. The predicted molar refractivity (Wildman–Crippen MR) is 130 cm³/mol. The van der Waals surface area contributed by atoms with Crippen LogP contribution in [0.3, 0.4) is 0 Å². The van der Waals surface area contributed by atoms with Crippen molar-refractivity contribution in [2.24, 2.45) is 11.8 Å². The number of benzene rings is 2. The molecule has 7 heteroatoms. The zero-order chi connectivity index (χ0) is 24.7. The molecular formula is C27H34N2O5. The number of amides is 2. The van der Waals surface area contributed by atoms with Crippen LogP contribution in [-0.2, 0) is 14.3 Å². The molecule has 34 heavy (non-hydrogen) atoms. The van der Waals surface area contributed by atoms with E-state index in [0.717, 1.165) is 22.3 Å². The van der Waals surface area contributed by atoms with Gasteiger partial charge in [0.05, 0.1) is 5.92 Å². The van der Waals surface area contributed by atoms with Crippen molar-refractivity contribution in [2.75, 3.05) is 13.2 Å². The van der Waals surface area contributed by atoms with Crippen molar-refractivity contribution in [1.82, 2.24) is 10.6 Å². The lowest BCUT2D eigenvalue weighted by atomic mass is 9.97. The highest BCUT2D eigenvalue weighted by Crippen LogP contribution is 2.44. The maximum atomic E-state index is 12.5. The smallest absolute Gasteiger partial charge is 0.407 e. The van der Waals surface area contributed by atoms with Gasteiger partial charge in [-0.25, -0.2) is 4.79 Å². The number of nitrogens with one attached hydrogen (secondary N) is 2. The number of carboxylic acid groups (broad SMARTS) is 1. The molecule has 0 saturated heterocycles. The highest BCUT2D eigenvalue weighted by atomic mass is 16.5. The van der Waals surface area contributed by atoms with E-state index in [1.807, 2.05) is 45.0 Å². The SMILES string of the molecule is CC[C@@H](CC(=O)NCC(CC(C)C)C(=O)O)NC(=O)OCC1c2ccccc2-c2ccccc21. The monoisotopic (exact) mass is 466 g/mol. The van der Waals surface area contributed by atoms with E-state index >= 15 is 0 Å². The molecule has 2 aromatic rings. The topological polar surface area (TPSA) is 105 Å². The third-order valence-corrected chi connectivity index (χ3v) is 6.24. The van der Waals surface area contributed by atoms with Crippen LogP contribution in [0, 0.1) is 11.8 Å². The van der Waals surface area contributed by atoms with Gasteiger partial charge < -0.3 is 20.5 Å². The summed E-state index contributed by atoms with van der Waals surface area (Å²) in [5, 5.41) is 14.8. The van der Waals surface area contributed by atoms with Crippen LogP contribution in [0.25, 0.3) is 11.1 Å². The van der Waals surface area contributed by atoms with Gasteiger partial charge >= 0.3 is 12.1 Å². The van der Waals surface area contributed by atoms with E-state index in [-0.39, 0.29) is 37.3 Å². The minimum absolute atomic E-state index is 0.0320. The van der Waals surface area contributed by atoms with Crippen LogP contribution in [-0.4, -0.2) is 42.3 Å². The predicted octanol–water partition coefficient (Wildman–Crippen LogP) is 4.56. The van der Waals surface area contributed by atoms with E-state index in [4.69, 9.17) is 4.74 Å². The lowest BCUT2D eigenvalue weighted by molar-refractivity contribution is -0.142. The first-order valence-corrected chi connectivity index (χ1v) is 11.9. The first kappa shape index (κ1) is 25.3. The summed E-state index contributed by atoms with van der Waals surface area (Å²) < 4.78 is 5.57. The Hall–Kier alpha value is -3.35. The first-order valence-electron chi connectivity index (χ1n) is 11.9. The summed E-state index contributed by atoms with van der Waals surface area (Å²) in [7, 11) is 0. The molecule has 0 aromatic heterocycles. The van der Waals surface area contributed by atoms with Crippen molar-refractivity contribution < 1.29 is 24.2 Å². The molecule has 0 fully saturated rings. The maximum Gasteiger partial charge on any atom is 0.407 e. The van der Waals surface area contributed by atoms with E-state index in [1.165, 1.54) is 0 Å². The summed E-state index contributed by atoms with van der Waals surface area (Å²) in [4.78, 5) is 36.2. The van der Waals surface area contributed by atoms with E-state index in [0.29, 0.717) is 12.8 Å². The maximum absolute atomic E-state index is 12.5. The molecule has 0 bridgehead atoms. The highest BCUT2D eigenvalue weighted by Gasteiger charge is 2.29.